The van der Waals surface area contributed by atoms with Crippen LogP contribution < -0.4 is 19.9 Å². The highest BCUT2D eigenvalue weighted by Gasteiger charge is 2.12. The molecular formula is C15H16ClNO3. The molecule has 0 unspecified atom stereocenters. The summed E-state index contributed by atoms with van der Waals surface area (Å²) in [5, 5.41) is 0.605. The summed E-state index contributed by atoms with van der Waals surface area (Å²) < 4.78 is 16.3. The number of nitrogen functional groups attached to an aromatic ring is 1. The van der Waals surface area contributed by atoms with Crippen molar-refractivity contribution < 1.29 is 14.2 Å². The molecule has 2 rings (SSSR count). The van der Waals surface area contributed by atoms with Gasteiger partial charge < -0.3 is 19.9 Å². The van der Waals surface area contributed by atoms with E-state index in [2.05, 4.69) is 0 Å². The van der Waals surface area contributed by atoms with Gasteiger partial charge in [-0.2, -0.15) is 0 Å². The zero-order chi connectivity index (χ0) is 14.5. The van der Waals surface area contributed by atoms with Crippen molar-refractivity contribution in [1.29, 1.82) is 0 Å². The second-order valence-electron chi connectivity index (χ2n) is 4.13. The summed E-state index contributed by atoms with van der Waals surface area (Å²) in [6, 6.07) is 10.7. The average Bonchev–Trinajstić information content (AvgIpc) is 2.47. The van der Waals surface area contributed by atoms with E-state index in [1.54, 1.807) is 44.6 Å². The molecule has 0 saturated heterocycles. The van der Waals surface area contributed by atoms with Crippen molar-refractivity contribution in [3.63, 3.8) is 0 Å². The molecule has 0 amide bonds. The smallest absolute Gasteiger partial charge is 0.203 e. The van der Waals surface area contributed by atoms with Crippen molar-refractivity contribution in [2.75, 3.05) is 20.0 Å². The second kappa shape index (κ2) is 6.39. The van der Waals surface area contributed by atoms with Gasteiger partial charge in [0, 0.05) is 16.3 Å². The van der Waals surface area contributed by atoms with Crippen LogP contribution in [0.15, 0.2) is 36.4 Å². The van der Waals surface area contributed by atoms with Crippen LogP contribution in [0.2, 0.25) is 5.02 Å². The van der Waals surface area contributed by atoms with Crippen molar-refractivity contribution in [1.82, 2.24) is 0 Å². The first-order valence-corrected chi connectivity index (χ1v) is 6.41. The van der Waals surface area contributed by atoms with Crippen LogP contribution in [0.4, 0.5) is 5.69 Å². The lowest BCUT2D eigenvalue weighted by Crippen LogP contribution is -2.01. The molecule has 0 bridgehead atoms. The van der Waals surface area contributed by atoms with Crippen LogP contribution in [0.3, 0.4) is 0 Å². The van der Waals surface area contributed by atoms with E-state index in [0.717, 1.165) is 5.56 Å². The lowest BCUT2D eigenvalue weighted by molar-refractivity contribution is 0.266. The molecule has 2 aromatic carbocycles. The maximum atomic E-state index is 6.11. The van der Waals surface area contributed by atoms with Crippen LogP contribution in [0.5, 0.6) is 17.2 Å². The molecule has 0 aliphatic rings. The maximum Gasteiger partial charge on any atom is 0.203 e. The number of methoxy groups -OCH3 is 2. The highest BCUT2D eigenvalue weighted by molar-refractivity contribution is 6.31. The third-order valence-electron chi connectivity index (χ3n) is 2.82. The predicted octanol–water partition coefficient (Wildman–Crippen LogP) is 3.52. The summed E-state index contributed by atoms with van der Waals surface area (Å²) in [7, 11) is 3.16. The Morgan fingerprint density at radius 3 is 2.30 bits per heavy atom. The monoisotopic (exact) mass is 293 g/mol. The van der Waals surface area contributed by atoms with Gasteiger partial charge in [0.25, 0.3) is 0 Å². The molecule has 0 aliphatic heterocycles. The van der Waals surface area contributed by atoms with Gasteiger partial charge in [-0.3, -0.25) is 0 Å². The highest BCUT2D eigenvalue weighted by atomic mass is 35.5. The number of benzene rings is 2. The van der Waals surface area contributed by atoms with Crippen molar-refractivity contribution >= 4 is 17.3 Å². The van der Waals surface area contributed by atoms with Gasteiger partial charge in [-0.05, 0) is 30.3 Å². The van der Waals surface area contributed by atoms with Gasteiger partial charge in [0.15, 0.2) is 11.5 Å². The number of para-hydroxylation sites is 1. The number of halogens is 1. The normalized spacial score (nSPS) is 10.2. The average molecular weight is 294 g/mol. The highest BCUT2D eigenvalue weighted by Crippen LogP contribution is 2.37. The predicted molar refractivity (Wildman–Crippen MR) is 79.7 cm³/mol. The topological polar surface area (TPSA) is 53.7 Å². The molecule has 106 valence electrons. The first kappa shape index (κ1) is 14.3. The van der Waals surface area contributed by atoms with Gasteiger partial charge >= 0.3 is 0 Å². The van der Waals surface area contributed by atoms with Crippen LogP contribution in [0, 0.1) is 0 Å². The first-order valence-electron chi connectivity index (χ1n) is 6.03. The number of nitrogens with two attached hydrogens (primary N) is 1. The Morgan fingerprint density at radius 1 is 1.05 bits per heavy atom. The Kier molecular flexibility index (Phi) is 4.58. The van der Waals surface area contributed by atoms with E-state index in [9.17, 15) is 0 Å². The van der Waals surface area contributed by atoms with Crippen molar-refractivity contribution in [3.05, 3.63) is 47.0 Å². The maximum absolute atomic E-state index is 6.11. The summed E-state index contributed by atoms with van der Waals surface area (Å²) in [6.07, 6.45) is 0. The number of hydrogen-bond acceptors (Lipinski definition) is 4. The van der Waals surface area contributed by atoms with Crippen LogP contribution in [0.25, 0.3) is 0 Å². The summed E-state index contributed by atoms with van der Waals surface area (Å²) in [4.78, 5) is 0. The Bertz CT molecular complexity index is 579. The molecule has 2 aromatic rings. The molecule has 0 spiro atoms. The summed E-state index contributed by atoms with van der Waals surface area (Å²) >= 11 is 6.11. The largest absolute Gasteiger partial charge is 0.493 e. The number of anilines is 1. The molecule has 5 heteroatoms. The summed E-state index contributed by atoms with van der Waals surface area (Å²) in [5.41, 5.74) is 7.19. The zero-order valence-electron chi connectivity index (χ0n) is 11.4. The zero-order valence-corrected chi connectivity index (χ0v) is 12.1. The molecule has 0 heterocycles. The lowest BCUT2D eigenvalue weighted by atomic mass is 10.2. The summed E-state index contributed by atoms with van der Waals surface area (Å²) in [5.74, 6) is 1.74. The Balaban J connectivity index is 2.24. The fraction of sp³-hybridized carbons (Fsp3) is 0.200. The van der Waals surface area contributed by atoms with E-state index < -0.39 is 0 Å². The van der Waals surface area contributed by atoms with E-state index in [1.807, 2.05) is 6.07 Å². The van der Waals surface area contributed by atoms with E-state index >= 15 is 0 Å². The van der Waals surface area contributed by atoms with E-state index in [-0.39, 0.29) is 6.61 Å². The molecule has 0 fully saturated rings. The Morgan fingerprint density at radius 2 is 1.70 bits per heavy atom. The molecule has 4 nitrogen and oxygen atoms in total. The van der Waals surface area contributed by atoms with E-state index in [1.165, 1.54) is 0 Å². The van der Waals surface area contributed by atoms with Crippen molar-refractivity contribution in [2.24, 2.45) is 0 Å². The molecule has 2 N–H and O–H groups in total. The minimum absolute atomic E-state index is 0.278. The van der Waals surface area contributed by atoms with Crippen LogP contribution in [0.1, 0.15) is 5.56 Å². The van der Waals surface area contributed by atoms with Crippen LogP contribution in [-0.4, -0.2) is 14.2 Å². The second-order valence-corrected chi connectivity index (χ2v) is 4.54. The van der Waals surface area contributed by atoms with Crippen molar-refractivity contribution in [2.45, 2.75) is 6.61 Å². The van der Waals surface area contributed by atoms with Crippen LogP contribution >= 0.6 is 11.6 Å². The minimum Gasteiger partial charge on any atom is -0.493 e. The molecule has 20 heavy (non-hydrogen) atoms. The Labute approximate surface area is 123 Å². The minimum atomic E-state index is 0.278. The first-order chi connectivity index (χ1) is 9.65. The van der Waals surface area contributed by atoms with Crippen LogP contribution in [-0.2, 0) is 6.61 Å². The lowest BCUT2D eigenvalue weighted by Gasteiger charge is -2.14. The molecule has 0 atom stereocenters. The third kappa shape index (κ3) is 3.08. The molecular weight excluding hydrogens is 278 g/mol. The van der Waals surface area contributed by atoms with Gasteiger partial charge in [0.1, 0.15) is 6.61 Å². The quantitative estimate of drug-likeness (QED) is 0.857. The SMILES string of the molecule is COc1cccc(OC)c1OCc1cc(N)ccc1Cl. The van der Waals surface area contributed by atoms with E-state index in [4.69, 9.17) is 31.5 Å². The molecule has 0 aromatic heterocycles. The van der Waals surface area contributed by atoms with Crippen molar-refractivity contribution in [3.8, 4) is 17.2 Å². The molecule has 0 radical (unpaired) electrons. The number of hydrogen-bond donors (Lipinski definition) is 1. The van der Waals surface area contributed by atoms with Gasteiger partial charge in [0.2, 0.25) is 5.75 Å². The molecule has 0 aliphatic carbocycles. The standard InChI is InChI=1S/C15H16ClNO3/c1-18-13-4-3-5-14(19-2)15(13)20-9-10-8-11(17)6-7-12(10)16/h3-8H,9,17H2,1-2H3. The fourth-order valence-corrected chi connectivity index (χ4v) is 1.99. The third-order valence-corrected chi connectivity index (χ3v) is 3.19. The Hall–Kier alpha value is -2.07. The van der Waals surface area contributed by atoms with Gasteiger partial charge in [0.05, 0.1) is 14.2 Å². The number of rotatable bonds is 5. The van der Waals surface area contributed by atoms with E-state index in [0.29, 0.717) is 28.0 Å². The summed E-state index contributed by atoms with van der Waals surface area (Å²) in [6.45, 7) is 0.278. The van der Waals surface area contributed by atoms with Gasteiger partial charge in [-0.15, -0.1) is 0 Å². The fourth-order valence-electron chi connectivity index (χ4n) is 1.81. The molecule has 0 saturated carbocycles. The van der Waals surface area contributed by atoms with Gasteiger partial charge in [-0.25, -0.2) is 0 Å². The van der Waals surface area contributed by atoms with Gasteiger partial charge in [-0.1, -0.05) is 17.7 Å². The number of ether oxygens (including phenoxy) is 3.